The maximum atomic E-state index is 10.6. The number of anilines is 1. The van der Waals surface area contributed by atoms with Crippen LogP contribution in [0.1, 0.15) is 19.4 Å². The summed E-state index contributed by atoms with van der Waals surface area (Å²) in [6, 6.07) is 4.64. The molecule has 18 heavy (non-hydrogen) atoms. The van der Waals surface area contributed by atoms with Crippen molar-refractivity contribution in [1.82, 2.24) is 5.32 Å². The lowest BCUT2D eigenvalue weighted by atomic mass is 10.2. The van der Waals surface area contributed by atoms with Gasteiger partial charge in [-0.05, 0) is 36.7 Å². The number of nitrogens with one attached hydrogen (secondary N) is 2. The number of nitrogens with zero attached hydrogens (tertiary/aromatic N) is 1. The largest absolute Gasteiger partial charge is 0.362 e. The summed E-state index contributed by atoms with van der Waals surface area (Å²) in [4.78, 5) is 10.2. The molecule has 0 saturated carbocycles. The number of non-ortho nitro benzene ring substituents is 1. The minimum Gasteiger partial charge on any atom is -0.362 e. The lowest BCUT2D eigenvalue weighted by molar-refractivity contribution is -0.384. The second-order valence-corrected chi connectivity index (χ2v) is 4.89. The van der Waals surface area contributed by atoms with Crippen molar-refractivity contribution in [1.29, 1.82) is 0 Å². The zero-order chi connectivity index (χ0) is 13.7. The van der Waals surface area contributed by atoms with E-state index in [1.54, 1.807) is 13.0 Å². The molecule has 0 aliphatic carbocycles. The summed E-state index contributed by atoms with van der Waals surface area (Å²) in [6.45, 7) is 6.78. The molecule has 5 nitrogen and oxygen atoms in total. The van der Waals surface area contributed by atoms with Gasteiger partial charge in [-0.3, -0.25) is 10.1 Å². The van der Waals surface area contributed by atoms with Gasteiger partial charge in [-0.25, -0.2) is 0 Å². The van der Waals surface area contributed by atoms with Gasteiger partial charge in [0.05, 0.1) is 4.92 Å². The predicted octanol–water partition coefficient (Wildman–Crippen LogP) is 2.85. The van der Waals surface area contributed by atoms with Crippen LogP contribution >= 0.6 is 12.2 Å². The van der Waals surface area contributed by atoms with Crippen LogP contribution in [-0.2, 0) is 0 Å². The summed E-state index contributed by atoms with van der Waals surface area (Å²) >= 11 is 5.14. The van der Waals surface area contributed by atoms with Gasteiger partial charge in [-0.15, -0.1) is 0 Å². The molecule has 0 saturated heterocycles. The van der Waals surface area contributed by atoms with Crippen molar-refractivity contribution >= 4 is 28.7 Å². The zero-order valence-corrected chi connectivity index (χ0v) is 11.5. The molecule has 0 aliphatic heterocycles. The van der Waals surface area contributed by atoms with Crippen LogP contribution in [0.3, 0.4) is 0 Å². The Morgan fingerprint density at radius 1 is 1.50 bits per heavy atom. The number of hydrogen-bond acceptors (Lipinski definition) is 3. The van der Waals surface area contributed by atoms with Crippen LogP contribution in [0.25, 0.3) is 0 Å². The van der Waals surface area contributed by atoms with Crippen molar-refractivity contribution < 1.29 is 4.92 Å². The second-order valence-electron chi connectivity index (χ2n) is 4.49. The molecule has 0 radical (unpaired) electrons. The monoisotopic (exact) mass is 267 g/mol. The molecule has 0 bridgehead atoms. The fourth-order valence-corrected chi connectivity index (χ4v) is 1.56. The fraction of sp³-hybridized carbons (Fsp3) is 0.417. The molecule has 0 fully saturated rings. The maximum absolute atomic E-state index is 10.6. The molecule has 0 atom stereocenters. The third-order valence-corrected chi connectivity index (χ3v) is 2.59. The zero-order valence-electron chi connectivity index (χ0n) is 10.7. The van der Waals surface area contributed by atoms with Crippen molar-refractivity contribution in [3.63, 3.8) is 0 Å². The lowest BCUT2D eigenvalue weighted by Gasteiger charge is -2.13. The van der Waals surface area contributed by atoms with E-state index in [1.165, 1.54) is 12.1 Å². The number of rotatable bonds is 4. The molecule has 1 aromatic rings. The second kappa shape index (κ2) is 6.30. The SMILES string of the molecule is Cc1cc([N+](=O)[O-])ccc1NC(=S)NCC(C)C. The highest BCUT2D eigenvalue weighted by Crippen LogP contribution is 2.20. The number of hydrogen-bond donors (Lipinski definition) is 2. The quantitative estimate of drug-likeness (QED) is 0.499. The van der Waals surface area contributed by atoms with Crippen LogP contribution in [0, 0.1) is 23.0 Å². The number of nitro groups is 1. The lowest BCUT2D eigenvalue weighted by Crippen LogP contribution is -2.31. The Hall–Kier alpha value is -1.69. The molecule has 98 valence electrons. The molecule has 0 heterocycles. The van der Waals surface area contributed by atoms with Gasteiger partial charge in [0, 0.05) is 24.4 Å². The van der Waals surface area contributed by atoms with E-state index in [1.807, 2.05) is 0 Å². The standard InChI is InChI=1S/C12H17N3O2S/c1-8(2)7-13-12(18)14-11-5-4-10(15(16)17)6-9(11)3/h4-6,8H,7H2,1-3H3,(H2,13,14,18). The average molecular weight is 267 g/mol. The number of benzene rings is 1. The molecule has 2 N–H and O–H groups in total. The van der Waals surface area contributed by atoms with Gasteiger partial charge < -0.3 is 10.6 Å². The van der Waals surface area contributed by atoms with Crippen LogP contribution in [0.4, 0.5) is 11.4 Å². The first-order chi connectivity index (χ1) is 8.40. The molecular formula is C12H17N3O2S. The highest BCUT2D eigenvalue weighted by Gasteiger charge is 2.08. The van der Waals surface area contributed by atoms with Crippen LogP contribution < -0.4 is 10.6 Å². The van der Waals surface area contributed by atoms with Gasteiger partial charge >= 0.3 is 0 Å². The van der Waals surface area contributed by atoms with Gasteiger partial charge in [-0.2, -0.15) is 0 Å². The summed E-state index contributed by atoms with van der Waals surface area (Å²) in [5.41, 5.74) is 1.65. The summed E-state index contributed by atoms with van der Waals surface area (Å²) < 4.78 is 0. The van der Waals surface area contributed by atoms with Gasteiger partial charge in [0.25, 0.3) is 5.69 Å². The first kappa shape index (κ1) is 14.4. The van der Waals surface area contributed by atoms with E-state index in [2.05, 4.69) is 24.5 Å². The Bertz CT molecular complexity index is 461. The average Bonchev–Trinajstić information content (AvgIpc) is 2.29. The summed E-state index contributed by atoms with van der Waals surface area (Å²) in [7, 11) is 0. The molecule has 0 spiro atoms. The molecule has 0 amide bonds. The van der Waals surface area contributed by atoms with Gasteiger partial charge in [0.1, 0.15) is 0 Å². The van der Waals surface area contributed by atoms with E-state index in [0.29, 0.717) is 11.0 Å². The van der Waals surface area contributed by atoms with Crippen LogP contribution in [0.15, 0.2) is 18.2 Å². The highest BCUT2D eigenvalue weighted by atomic mass is 32.1. The summed E-state index contributed by atoms with van der Waals surface area (Å²) in [6.07, 6.45) is 0. The normalized spacial score (nSPS) is 10.2. The Morgan fingerprint density at radius 3 is 2.67 bits per heavy atom. The Morgan fingerprint density at radius 2 is 2.17 bits per heavy atom. The van der Waals surface area contributed by atoms with Crippen LogP contribution in [0.5, 0.6) is 0 Å². The van der Waals surface area contributed by atoms with E-state index in [0.717, 1.165) is 17.8 Å². The number of aryl methyl sites for hydroxylation is 1. The van der Waals surface area contributed by atoms with Crippen molar-refractivity contribution in [3.8, 4) is 0 Å². The first-order valence-electron chi connectivity index (χ1n) is 5.70. The van der Waals surface area contributed by atoms with E-state index < -0.39 is 4.92 Å². The summed E-state index contributed by atoms with van der Waals surface area (Å²) in [5.74, 6) is 0.503. The fourth-order valence-electron chi connectivity index (χ4n) is 1.36. The highest BCUT2D eigenvalue weighted by molar-refractivity contribution is 7.80. The van der Waals surface area contributed by atoms with E-state index in [4.69, 9.17) is 12.2 Å². The molecule has 6 heteroatoms. The molecular weight excluding hydrogens is 250 g/mol. The Balaban J connectivity index is 2.68. The minimum atomic E-state index is -0.411. The maximum Gasteiger partial charge on any atom is 0.269 e. The van der Waals surface area contributed by atoms with Crippen molar-refractivity contribution in [2.75, 3.05) is 11.9 Å². The van der Waals surface area contributed by atoms with Gasteiger partial charge in [0.2, 0.25) is 0 Å². The van der Waals surface area contributed by atoms with Crippen LogP contribution in [-0.4, -0.2) is 16.6 Å². The first-order valence-corrected chi connectivity index (χ1v) is 6.11. The van der Waals surface area contributed by atoms with Crippen molar-refractivity contribution in [2.24, 2.45) is 5.92 Å². The third-order valence-electron chi connectivity index (χ3n) is 2.34. The third kappa shape index (κ3) is 4.29. The van der Waals surface area contributed by atoms with Crippen molar-refractivity contribution in [3.05, 3.63) is 33.9 Å². The molecule has 0 aromatic heterocycles. The van der Waals surface area contributed by atoms with Gasteiger partial charge in [0.15, 0.2) is 5.11 Å². The van der Waals surface area contributed by atoms with Crippen LogP contribution in [0.2, 0.25) is 0 Å². The molecule has 0 aliphatic rings. The van der Waals surface area contributed by atoms with E-state index >= 15 is 0 Å². The molecule has 1 rings (SSSR count). The summed E-state index contributed by atoms with van der Waals surface area (Å²) in [5, 5.41) is 17.3. The minimum absolute atomic E-state index is 0.0825. The number of thiocarbonyl (C=S) groups is 1. The Kier molecular flexibility index (Phi) is 5.03. The smallest absolute Gasteiger partial charge is 0.269 e. The van der Waals surface area contributed by atoms with E-state index in [9.17, 15) is 10.1 Å². The molecule has 1 aromatic carbocycles. The topological polar surface area (TPSA) is 67.2 Å². The molecule has 0 unspecified atom stereocenters. The Labute approximate surface area is 112 Å². The number of nitro benzene ring substituents is 1. The van der Waals surface area contributed by atoms with Crippen molar-refractivity contribution in [2.45, 2.75) is 20.8 Å². The van der Waals surface area contributed by atoms with E-state index in [-0.39, 0.29) is 5.69 Å². The van der Waals surface area contributed by atoms with Gasteiger partial charge in [-0.1, -0.05) is 13.8 Å². The predicted molar refractivity (Wildman–Crippen MR) is 76.9 cm³/mol.